The average Bonchev–Trinajstić information content (AvgIpc) is 2.51. The van der Waals surface area contributed by atoms with Crippen molar-refractivity contribution in [3.05, 3.63) is 42.5 Å². The van der Waals surface area contributed by atoms with Gasteiger partial charge in [0, 0.05) is 0 Å². The Morgan fingerprint density at radius 1 is 1.12 bits per heavy atom. The highest BCUT2D eigenvalue weighted by molar-refractivity contribution is 7.91. The summed E-state index contributed by atoms with van der Waals surface area (Å²) in [6.45, 7) is 4.86. The van der Waals surface area contributed by atoms with E-state index in [2.05, 4.69) is 5.32 Å². The van der Waals surface area contributed by atoms with E-state index >= 15 is 0 Å². The number of carboxylic acids is 1. The van der Waals surface area contributed by atoms with Gasteiger partial charge in [0.1, 0.15) is 11.6 Å². The first-order chi connectivity index (χ1) is 12.0. The number of rotatable bonds is 5. The number of aliphatic carboxylic acids is 1. The molecule has 0 spiro atoms. The number of sulfone groups is 1. The number of hydrogen-bond acceptors (Lipinski definition) is 5. The molecule has 0 saturated carbocycles. The second kappa shape index (κ2) is 7.33. The van der Waals surface area contributed by atoms with E-state index < -0.39 is 39.3 Å². The molecule has 7 nitrogen and oxygen atoms in total. The minimum atomic E-state index is -3.94. The minimum absolute atomic E-state index is 0.00608. The van der Waals surface area contributed by atoms with Crippen molar-refractivity contribution in [1.82, 2.24) is 5.32 Å². The van der Waals surface area contributed by atoms with Crippen molar-refractivity contribution in [2.45, 2.75) is 37.3 Å². The summed E-state index contributed by atoms with van der Waals surface area (Å²) in [5.74, 6) is -2.24. The lowest BCUT2D eigenvalue weighted by atomic mass is 10.1. The lowest BCUT2D eigenvalue weighted by Crippen LogP contribution is -2.47. The Hall–Kier alpha value is -2.61. The second-order valence-electron chi connectivity index (χ2n) is 6.83. The molecule has 0 unspecified atom stereocenters. The Labute approximate surface area is 151 Å². The average molecular weight is 379 g/mol. The van der Waals surface area contributed by atoms with Crippen LogP contribution in [0.15, 0.2) is 47.4 Å². The third kappa shape index (κ3) is 5.19. The van der Waals surface area contributed by atoms with E-state index in [1.54, 1.807) is 39.0 Å². The number of carbonyl (C=O) groups is 2. The molecule has 1 atom stereocenters. The summed E-state index contributed by atoms with van der Waals surface area (Å²) in [6, 6.07) is 10.2. The number of fused-ring (bicyclic) bond motifs is 1. The van der Waals surface area contributed by atoms with Crippen molar-refractivity contribution >= 4 is 32.7 Å². The van der Waals surface area contributed by atoms with Gasteiger partial charge in [-0.15, -0.1) is 0 Å². The molecule has 2 rings (SSSR count). The van der Waals surface area contributed by atoms with Gasteiger partial charge in [-0.05, 0) is 43.7 Å². The van der Waals surface area contributed by atoms with Gasteiger partial charge in [-0.25, -0.2) is 18.0 Å². The van der Waals surface area contributed by atoms with E-state index in [-0.39, 0.29) is 4.90 Å². The van der Waals surface area contributed by atoms with E-state index in [9.17, 15) is 23.1 Å². The zero-order valence-electron chi connectivity index (χ0n) is 14.7. The molecule has 0 bridgehead atoms. The lowest BCUT2D eigenvalue weighted by Gasteiger charge is -2.22. The smallest absolute Gasteiger partial charge is 0.408 e. The number of amides is 1. The van der Waals surface area contributed by atoms with E-state index in [1.165, 1.54) is 12.1 Å². The van der Waals surface area contributed by atoms with Crippen LogP contribution in [0.4, 0.5) is 4.79 Å². The van der Waals surface area contributed by atoms with Crippen LogP contribution in [0.25, 0.3) is 10.8 Å². The molecule has 2 aromatic rings. The zero-order chi connectivity index (χ0) is 19.5. The van der Waals surface area contributed by atoms with Gasteiger partial charge in [0.2, 0.25) is 0 Å². The Kier molecular flexibility index (Phi) is 5.56. The number of carbonyl (C=O) groups excluding carboxylic acids is 1. The third-order valence-electron chi connectivity index (χ3n) is 3.46. The monoisotopic (exact) mass is 379 g/mol. The molecule has 0 fully saturated rings. The van der Waals surface area contributed by atoms with Gasteiger partial charge in [-0.1, -0.05) is 30.3 Å². The Balaban J connectivity index is 2.22. The van der Waals surface area contributed by atoms with Gasteiger partial charge in [-0.3, -0.25) is 0 Å². The van der Waals surface area contributed by atoms with Crippen LogP contribution < -0.4 is 5.32 Å². The molecule has 2 aromatic carbocycles. The van der Waals surface area contributed by atoms with Crippen LogP contribution in [0.5, 0.6) is 0 Å². The molecule has 8 heteroatoms. The van der Waals surface area contributed by atoms with Crippen LogP contribution in [-0.4, -0.2) is 43.0 Å². The highest BCUT2D eigenvalue weighted by Crippen LogP contribution is 2.20. The summed E-state index contributed by atoms with van der Waals surface area (Å²) in [7, 11) is -3.94. The molecule has 0 heterocycles. The van der Waals surface area contributed by atoms with Gasteiger partial charge in [0.25, 0.3) is 0 Å². The zero-order valence-corrected chi connectivity index (χ0v) is 15.5. The molecule has 2 N–H and O–H groups in total. The van der Waals surface area contributed by atoms with E-state index in [1.807, 2.05) is 12.1 Å². The predicted molar refractivity (Wildman–Crippen MR) is 96.8 cm³/mol. The fraction of sp³-hybridized carbons (Fsp3) is 0.333. The van der Waals surface area contributed by atoms with Gasteiger partial charge in [0.05, 0.1) is 10.6 Å². The van der Waals surface area contributed by atoms with E-state index in [4.69, 9.17) is 4.74 Å². The summed E-state index contributed by atoms with van der Waals surface area (Å²) in [6.07, 6.45) is -0.987. The topological polar surface area (TPSA) is 110 Å². The van der Waals surface area contributed by atoms with Crippen LogP contribution in [0, 0.1) is 0 Å². The third-order valence-corrected chi connectivity index (χ3v) is 5.20. The Morgan fingerprint density at radius 3 is 2.31 bits per heavy atom. The van der Waals surface area contributed by atoms with Crippen molar-refractivity contribution in [1.29, 1.82) is 0 Å². The first-order valence-corrected chi connectivity index (χ1v) is 9.57. The molecule has 0 aromatic heterocycles. The normalized spacial score (nSPS) is 13.2. The van der Waals surface area contributed by atoms with Crippen molar-refractivity contribution in [2.75, 3.05) is 5.75 Å². The maximum absolute atomic E-state index is 12.6. The number of nitrogens with one attached hydrogen (secondary N) is 1. The molecule has 1 amide bonds. The summed E-state index contributed by atoms with van der Waals surface area (Å²) < 4.78 is 30.2. The molecule has 140 valence electrons. The quantitative estimate of drug-likeness (QED) is 0.826. The summed E-state index contributed by atoms with van der Waals surface area (Å²) in [5, 5.41) is 13.0. The summed E-state index contributed by atoms with van der Waals surface area (Å²) >= 11 is 0. The second-order valence-corrected chi connectivity index (χ2v) is 8.86. The standard InChI is InChI=1S/C18H21NO6S/c1-18(2,3)25-17(22)19-15(16(20)21)11-26(23,24)14-9-8-12-6-4-5-7-13(12)10-14/h4-10,15H,11H2,1-3H3,(H,19,22)(H,20,21)/t15-/m1/s1. The van der Waals surface area contributed by atoms with Gasteiger partial charge < -0.3 is 15.2 Å². The molecular weight excluding hydrogens is 358 g/mol. The molecule has 0 aliphatic rings. The number of hydrogen-bond donors (Lipinski definition) is 2. The SMILES string of the molecule is CC(C)(C)OC(=O)N[C@H](CS(=O)(=O)c1ccc2ccccc2c1)C(=O)O. The van der Waals surface area contributed by atoms with Gasteiger partial charge >= 0.3 is 12.1 Å². The maximum Gasteiger partial charge on any atom is 0.408 e. The summed E-state index contributed by atoms with van der Waals surface area (Å²) in [4.78, 5) is 23.2. The van der Waals surface area contributed by atoms with Crippen molar-refractivity contribution < 1.29 is 27.9 Å². The van der Waals surface area contributed by atoms with Crippen molar-refractivity contribution in [3.63, 3.8) is 0 Å². The van der Waals surface area contributed by atoms with Gasteiger partial charge in [-0.2, -0.15) is 0 Å². The number of carboxylic acid groups (broad SMARTS) is 1. The molecule has 0 aliphatic heterocycles. The fourth-order valence-electron chi connectivity index (χ4n) is 2.30. The van der Waals surface area contributed by atoms with Crippen LogP contribution in [0.3, 0.4) is 0 Å². The first kappa shape index (κ1) is 19.7. The number of ether oxygens (including phenoxy) is 1. The van der Waals surface area contributed by atoms with Crippen LogP contribution in [0.1, 0.15) is 20.8 Å². The van der Waals surface area contributed by atoms with Crippen LogP contribution >= 0.6 is 0 Å². The van der Waals surface area contributed by atoms with Crippen molar-refractivity contribution in [3.8, 4) is 0 Å². The highest BCUT2D eigenvalue weighted by atomic mass is 32.2. The predicted octanol–water partition coefficient (Wildman–Crippen LogP) is 2.59. The number of benzene rings is 2. The molecule has 0 radical (unpaired) electrons. The van der Waals surface area contributed by atoms with Gasteiger partial charge in [0.15, 0.2) is 9.84 Å². The largest absolute Gasteiger partial charge is 0.480 e. The van der Waals surface area contributed by atoms with E-state index in [0.29, 0.717) is 0 Å². The van der Waals surface area contributed by atoms with Crippen LogP contribution in [0.2, 0.25) is 0 Å². The number of alkyl carbamates (subject to hydrolysis) is 1. The molecule has 0 saturated heterocycles. The van der Waals surface area contributed by atoms with Crippen LogP contribution in [-0.2, 0) is 19.4 Å². The Bertz CT molecular complexity index is 930. The summed E-state index contributed by atoms with van der Waals surface area (Å²) in [5.41, 5.74) is -0.829. The molecular formula is C18H21NO6S. The fourth-order valence-corrected chi connectivity index (χ4v) is 3.74. The molecule has 26 heavy (non-hydrogen) atoms. The molecule has 0 aliphatic carbocycles. The first-order valence-electron chi connectivity index (χ1n) is 7.92. The maximum atomic E-state index is 12.6. The highest BCUT2D eigenvalue weighted by Gasteiger charge is 2.30. The Morgan fingerprint density at radius 2 is 1.73 bits per heavy atom. The van der Waals surface area contributed by atoms with Crippen molar-refractivity contribution in [2.24, 2.45) is 0 Å². The minimum Gasteiger partial charge on any atom is -0.480 e. The lowest BCUT2D eigenvalue weighted by molar-refractivity contribution is -0.138. The van der Waals surface area contributed by atoms with E-state index in [0.717, 1.165) is 10.8 Å².